The van der Waals surface area contributed by atoms with Crippen LogP contribution in [0, 0.1) is 0 Å². The number of aliphatic hydroxyl groups is 5. The van der Waals surface area contributed by atoms with Crippen molar-refractivity contribution in [3.8, 4) is 28.6 Å². The lowest BCUT2D eigenvalue weighted by Crippen LogP contribution is -2.62. The van der Waals surface area contributed by atoms with Crippen molar-refractivity contribution in [2.45, 2.75) is 75.3 Å². The average molecular weight is 621 g/mol. The highest BCUT2D eigenvalue weighted by Crippen LogP contribution is 2.34. The Morgan fingerprint density at radius 1 is 0.864 bits per heavy atom. The highest BCUT2D eigenvalue weighted by atomic mass is 16.7. The molecule has 15 nitrogen and oxygen atoms in total. The van der Waals surface area contributed by atoms with Crippen LogP contribution in [0.15, 0.2) is 51.7 Å². The number of aliphatic hydroxyl groups excluding tert-OH is 5. The molecule has 1 aromatic heterocycles. The Morgan fingerprint density at radius 3 is 2.25 bits per heavy atom. The van der Waals surface area contributed by atoms with Gasteiger partial charge >= 0.3 is 5.97 Å². The summed E-state index contributed by atoms with van der Waals surface area (Å²) in [5.74, 6) is -1.25. The van der Waals surface area contributed by atoms with Gasteiger partial charge in [0.1, 0.15) is 70.6 Å². The van der Waals surface area contributed by atoms with Crippen LogP contribution in [-0.4, -0.2) is 110 Å². The largest absolute Gasteiger partial charge is 0.508 e. The van der Waals surface area contributed by atoms with Crippen molar-refractivity contribution in [2.75, 3.05) is 6.61 Å². The highest BCUT2D eigenvalue weighted by molar-refractivity contribution is 5.86. The van der Waals surface area contributed by atoms with Gasteiger partial charge in [-0.25, -0.2) is 0 Å². The molecule has 15 heteroatoms. The van der Waals surface area contributed by atoms with Gasteiger partial charge < -0.3 is 63.8 Å². The van der Waals surface area contributed by atoms with E-state index in [0.717, 1.165) is 13.0 Å². The van der Waals surface area contributed by atoms with Gasteiger partial charge in [-0.05, 0) is 31.2 Å². The molecule has 0 radical (unpaired) electrons. The molecule has 10 atom stereocenters. The van der Waals surface area contributed by atoms with E-state index >= 15 is 0 Å². The predicted molar refractivity (Wildman–Crippen MR) is 146 cm³/mol. The summed E-state index contributed by atoms with van der Waals surface area (Å²) >= 11 is 0. The molecule has 2 aliphatic rings. The summed E-state index contributed by atoms with van der Waals surface area (Å²) in [4.78, 5) is 24.2. The van der Waals surface area contributed by atoms with Gasteiger partial charge in [0.25, 0.3) is 0 Å². The van der Waals surface area contributed by atoms with Crippen LogP contribution >= 0.6 is 0 Å². The van der Waals surface area contributed by atoms with Gasteiger partial charge in [0, 0.05) is 30.7 Å². The highest BCUT2D eigenvalue weighted by Gasteiger charge is 2.48. The minimum Gasteiger partial charge on any atom is -0.508 e. The first kappa shape index (κ1) is 31.6. The topological polar surface area (TPSA) is 235 Å². The normalized spacial score (nSPS) is 32.3. The molecule has 0 unspecified atom stereocenters. The van der Waals surface area contributed by atoms with Crippen LogP contribution in [-0.2, 0) is 23.7 Å². The summed E-state index contributed by atoms with van der Waals surface area (Å²) in [5, 5.41) is 72.4. The van der Waals surface area contributed by atoms with E-state index in [9.17, 15) is 45.3 Å². The lowest BCUT2D eigenvalue weighted by atomic mass is 9.98. The molecule has 7 N–H and O–H groups in total. The zero-order valence-electron chi connectivity index (χ0n) is 23.4. The van der Waals surface area contributed by atoms with Crippen molar-refractivity contribution < 1.29 is 68.6 Å². The number of hydrogen-bond acceptors (Lipinski definition) is 15. The lowest BCUT2D eigenvalue weighted by Gasteiger charge is -2.43. The first-order chi connectivity index (χ1) is 20.8. The Morgan fingerprint density at radius 2 is 1.57 bits per heavy atom. The molecule has 0 amide bonds. The van der Waals surface area contributed by atoms with Gasteiger partial charge in [-0.3, -0.25) is 9.59 Å². The maximum Gasteiger partial charge on any atom is 0.303 e. The molecule has 2 aromatic carbocycles. The summed E-state index contributed by atoms with van der Waals surface area (Å²) in [5.41, 5.74) is -0.176. The second-order valence-corrected chi connectivity index (χ2v) is 10.6. The fourth-order valence-electron chi connectivity index (χ4n) is 5.02. The summed E-state index contributed by atoms with van der Waals surface area (Å²) in [6.45, 7) is 2.05. The van der Waals surface area contributed by atoms with Crippen LogP contribution in [0.5, 0.6) is 17.2 Å². The number of fused-ring (bicyclic) bond motifs is 1. The predicted octanol–water partition coefficient (Wildman–Crippen LogP) is -0.527. The van der Waals surface area contributed by atoms with Crippen LogP contribution < -0.4 is 10.2 Å². The number of hydrogen-bond donors (Lipinski definition) is 7. The van der Waals surface area contributed by atoms with E-state index in [1.54, 1.807) is 0 Å². The molecule has 0 saturated carbocycles. The van der Waals surface area contributed by atoms with E-state index in [4.69, 9.17) is 28.1 Å². The molecule has 3 aromatic rings. The van der Waals surface area contributed by atoms with E-state index in [1.807, 2.05) is 0 Å². The van der Waals surface area contributed by atoms with E-state index < -0.39 is 85.2 Å². The molecular formula is C29H32O15. The minimum absolute atomic E-state index is 0.00858. The molecular weight excluding hydrogens is 588 g/mol. The first-order valence-electron chi connectivity index (χ1n) is 13.6. The number of benzene rings is 2. The smallest absolute Gasteiger partial charge is 0.303 e. The number of rotatable bonds is 7. The fraction of sp³-hybridized carbons (Fsp3) is 0.448. The van der Waals surface area contributed by atoms with Gasteiger partial charge in [0.2, 0.25) is 6.29 Å². The average Bonchev–Trinajstić information content (AvgIpc) is 2.97. The maximum atomic E-state index is 12.8. The van der Waals surface area contributed by atoms with Crippen LogP contribution in [0.3, 0.4) is 0 Å². The Kier molecular flexibility index (Phi) is 9.10. The first-order valence-corrected chi connectivity index (χ1v) is 13.6. The van der Waals surface area contributed by atoms with E-state index in [-0.39, 0.29) is 28.2 Å². The fourth-order valence-corrected chi connectivity index (χ4v) is 5.02. The molecule has 2 saturated heterocycles. The molecule has 3 heterocycles. The minimum atomic E-state index is -1.79. The van der Waals surface area contributed by atoms with Crippen LogP contribution in [0.2, 0.25) is 0 Å². The molecule has 5 rings (SSSR count). The van der Waals surface area contributed by atoms with E-state index in [1.165, 1.54) is 43.3 Å². The van der Waals surface area contributed by atoms with Crippen molar-refractivity contribution in [1.29, 1.82) is 0 Å². The Balaban J connectivity index is 1.33. The number of aromatic hydroxyl groups is 2. The van der Waals surface area contributed by atoms with Crippen LogP contribution in [0.1, 0.15) is 13.8 Å². The Bertz CT molecular complexity index is 1540. The quantitative estimate of drug-likeness (QED) is 0.165. The number of carbonyl (C=O) groups is 1. The molecule has 0 bridgehead atoms. The van der Waals surface area contributed by atoms with Gasteiger partial charge in [-0.2, -0.15) is 0 Å². The standard InChI is InChI=1S/C29H32O15/c1-11-22(34)27(41-12(2)30)26(38)28(40-11)39-10-20-23(35)24(36)25(37)29(44-20)42-15-7-16(32)21-17(33)9-18(43-19(21)8-15)13-3-5-14(31)6-4-13/h3-9,11,20,22-29,31-32,34-38H,10H2,1-2H3/t11-,20-,22-,23+,24-,25-,26+,27-,28+,29+/m0/s1. The van der Waals surface area contributed by atoms with Crippen molar-refractivity contribution in [2.24, 2.45) is 0 Å². The second-order valence-electron chi connectivity index (χ2n) is 10.6. The third kappa shape index (κ3) is 6.36. The summed E-state index contributed by atoms with van der Waals surface area (Å²) < 4.78 is 33.2. The molecule has 2 fully saturated rings. The van der Waals surface area contributed by atoms with Gasteiger partial charge in [-0.1, -0.05) is 0 Å². The van der Waals surface area contributed by atoms with Gasteiger partial charge in [0.15, 0.2) is 17.8 Å². The summed E-state index contributed by atoms with van der Waals surface area (Å²) in [6, 6.07) is 9.37. The maximum absolute atomic E-state index is 12.8. The van der Waals surface area contributed by atoms with Crippen LogP contribution in [0.25, 0.3) is 22.3 Å². The summed E-state index contributed by atoms with van der Waals surface area (Å²) in [7, 11) is 0. The molecule has 0 spiro atoms. The number of phenols is 2. The summed E-state index contributed by atoms with van der Waals surface area (Å²) in [6.07, 6.45) is -14.9. The van der Waals surface area contributed by atoms with Crippen molar-refractivity contribution in [3.63, 3.8) is 0 Å². The van der Waals surface area contributed by atoms with E-state index in [0.29, 0.717) is 5.56 Å². The Labute approximate surface area is 249 Å². The molecule has 44 heavy (non-hydrogen) atoms. The van der Waals surface area contributed by atoms with Gasteiger partial charge in [0.05, 0.1) is 12.7 Å². The number of esters is 1. The zero-order chi connectivity index (χ0) is 31.9. The third-order valence-electron chi connectivity index (χ3n) is 7.36. The third-order valence-corrected chi connectivity index (χ3v) is 7.36. The molecule has 238 valence electrons. The molecule has 0 aliphatic carbocycles. The van der Waals surface area contributed by atoms with Crippen molar-refractivity contribution >= 4 is 16.9 Å². The second kappa shape index (κ2) is 12.7. The van der Waals surface area contributed by atoms with Crippen LogP contribution in [0.4, 0.5) is 0 Å². The Hall–Kier alpha value is -3.80. The SMILES string of the molecule is CC(=O)O[C@H]1[C@@H](O)[C@H](C)O[C@@H](OC[C@@H]2O[C@@H](Oc3cc(O)c4c(=O)cc(-c5ccc(O)cc5)oc4c3)[C@@H](O)[C@@H](O)[C@@H]2O)[C@@H]1O. The molecule has 2 aliphatic heterocycles. The monoisotopic (exact) mass is 620 g/mol. The zero-order valence-corrected chi connectivity index (χ0v) is 23.4. The number of carbonyl (C=O) groups excluding carboxylic acids is 1. The van der Waals surface area contributed by atoms with Crippen molar-refractivity contribution in [3.05, 3.63) is 52.7 Å². The number of ether oxygens (including phenoxy) is 5. The lowest BCUT2D eigenvalue weighted by molar-refractivity contribution is -0.319. The van der Waals surface area contributed by atoms with Gasteiger partial charge in [-0.15, -0.1) is 0 Å². The van der Waals surface area contributed by atoms with E-state index in [2.05, 4.69) is 0 Å². The number of phenolic OH excluding ortho intramolecular Hbond substituents is 2. The van der Waals surface area contributed by atoms with Crippen molar-refractivity contribution in [1.82, 2.24) is 0 Å².